The first-order chi connectivity index (χ1) is 11.9. The molecule has 0 radical (unpaired) electrons. The van der Waals surface area contributed by atoms with Gasteiger partial charge >= 0.3 is 0 Å². The van der Waals surface area contributed by atoms with Crippen molar-refractivity contribution in [1.29, 1.82) is 0 Å². The van der Waals surface area contributed by atoms with Gasteiger partial charge in [0.2, 0.25) is 11.8 Å². The van der Waals surface area contributed by atoms with Crippen LogP contribution in [0, 0.1) is 19.7 Å². The number of benzene rings is 2. The molecule has 1 heterocycles. The Morgan fingerprint density at radius 1 is 1.16 bits per heavy atom. The first-order valence-corrected chi connectivity index (χ1v) is 8.36. The molecule has 0 spiro atoms. The van der Waals surface area contributed by atoms with E-state index in [-0.39, 0.29) is 24.1 Å². The first kappa shape index (κ1) is 17.1. The topological polar surface area (TPSA) is 49.4 Å². The summed E-state index contributed by atoms with van der Waals surface area (Å²) in [5, 5.41) is 2.79. The molecular weight excluding hydrogens is 319 g/mol. The lowest BCUT2D eigenvalue weighted by Crippen LogP contribution is -2.42. The maximum Gasteiger partial charge on any atom is 0.249 e. The number of nitrogens with one attached hydrogen (secondary N) is 1. The smallest absolute Gasteiger partial charge is 0.249 e. The monoisotopic (exact) mass is 340 g/mol. The summed E-state index contributed by atoms with van der Waals surface area (Å²) >= 11 is 0. The SMILES string of the molecule is Cc1ccc(N2CC[C@H](NC(=O)Cc3ccc(F)cc3)C2=O)cc1C. The Hall–Kier alpha value is -2.69. The lowest BCUT2D eigenvalue weighted by Gasteiger charge is -2.18. The summed E-state index contributed by atoms with van der Waals surface area (Å²) in [5.41, 5.74) is 3.90. The van der Waals surface area contributed by atoms with Gasteiger partial charge in [-0.25, -0.2) is 4.39 Å². The molecule has 2 amide bonds. The maximum absolute atomic E-state index is 12.9. The number of carbonyl (C=O) groups excluding carboxylic acids is 2. The minimum Gasteiger partial charge on any atom is -0.344 e. The highest BCUT2D eigenvalue weighted by molar-refractivity contribution is 6.01. The Morgan fingerprint density at radius 2 is 1.88 bits per heavy atom. The van der Waals surface area contributed by atoms with E-state index < -0.39 is 6.04 Å². The van der Waals surface area contributed by atoms with Crippen molar-refractivity contribution in [2.45, 2.75) is 32.7 Å². The van der Waals surface area contributed by atoms with Gasteiger partial charge in [0.1, 0.15) is 11.9 Å². The van der Waals surface area contributed by atoms with Crippen molar-refractivity contribution in [2.24, 2.45) is 0 Å². The molecule has 0 saturated carbocycles. The molecule has 1 saturated heterocycles. The third kappa shape index (κ3) is 3.87. The highest BCUT2D eigenvalue weighted by Crippen LogP contribution is 2.24. The second kappa shape index (κ2) is 7.05. The van der Waals surface area contributed by atoms with Crippen molar-refractivity contribution in [3.63, 3.8) is 0 Å². The van der Waals surface area contributed by atoms with Crippen molar-refractivity contribution in [3.8, 4) is 0 Å². The van der Waals surface area contributed by atoms with Gasteiger partial charge in [0.05, 0.1) is 6.42 Å². The van der Waals surface area contributed by atoms with Gasteiger partial charge in [-0.05, 0) is 61.2 Å². The number of hydrogen-bond donors (Lipinski definition) is 1. The Bertz CT molecular complexity index is 802. The standard InChI is InChI=1S/C20H21FN2O2/c1-13-3-8-17(11-14(13)2)23-10-9-18(20(23)25)22-19(24)12-15-4-6-16(21)7-5-15/h3-8,11,18H,9-10,12H2,1-2H3,(H,22,24)/t18-/m0/s1. The molecule has 4 nitrogen and oxygen atoms in total. The number of nitrogens with zero attached hydrogens (tertiary/aromatic N) is 1. The van der Waals surface area contributed by atoms with Crippen LogP contribution in [0.1, 0.15) is 23.1 Å². The highest BCUT2D eigenvalue weighted by atomic mass is 19.1. The summed E-state index contributed by atoms with van der Waals surface area (Å²) < 4.78 is 12.9. The van der Waals surface area contributed by atoms with Crippen LogP contribution in [0.4, 0.5) is 10.1 Å². The maximum atomic E-state index is 12.9. The molecule has 1 N–H and O–H groups in total. The fraction of sp³-hybridized carbons (Fsp3) is 0.300. The molecule has 2 aromatic carbocycles. The zero-order valence-corrected chi connectivity index (χ0v) is 14.4. The van der Waals surface area contributed by atoms with Crippen molar-refractivity contribution in [2.75, 3.05) is 11.4 Å². The third-order valence-electron chi connectivity index (χ3n) is 4.62. The number of aryl methyl sites for hydroxylation is 2. The number of hydrogen-bond acceptors (Lipinski definition) is 2. The lowest BCUT2D eigenvalue weighted by molar-refractivity contribution is -0.126. The molecule has 0 aliphatic carbocycles. The molecule has 1 aliphatic heterocycles. The van der Waals surface area contributed by atoms with Gasteiger partial charge in [0.25, 0.3) is 0 Å². The van der Waals surface area contributed by atoms with Gasteiger partial charge in [-0.2, -0.15) is 0 Å². The van der Waals surface area contributed by atoms with Crippen LogP contribution >= 0.6 is 0 Å². The Morgan fingerprint density at radius 3 is 2.56 bits per heavy atom. The molecular formula is C20H21FN2O2. The molecule has 5 heteroatoms. The van der Waals surface area contributed by atoms with Gasteiger partial charge in [0.15, 0.2) is 0 Å². The van der Waals surface area contributed by atoms with E-state index in [0.29, 0.717) is 13.0 Å². The van der Waals surface area contributed by atoms with Crippen molar-refractivity contribution >= 4 is 17.5 Å². The van der Waals surface area contributed by atoms with Gasteiger partial charge in [0, 0.05) is 12.2 Å². The lowest BCUT2D eigenvalue weighted by atomic mass is 10.1. The van der Waals surface area contributed by atoms with E-state index >= 15 is 0 Å². The minimum absolute atomic E-state index is 0.0873. The summed E-state index contributed by atoms with van der Waals surface area (Å²) in [6, 6.07) is 11.2. The van der Waals surface area contributed by atoms with Crippen LogP contribution < -0.4 is 10.2 Å². The van der Waals surface area contributed by atoms with Gasteiger partial charge < -0.3 is 10.2 Å². The van der Waals surface area contributed by atoms with E-state index in [1.807, 2.05) is 32.0 Å². The van der Waals surface area contributed by atoms with Crippen molar-refractivity contribution in [1.82, 2.24) is 5.32 Å². The Labute approximate surface area is 146 Å². The predicted octanol–water partition coefficient (Wildman–Crippen LogP) is 2.91. The molecule has 0 unspecified atom stereocenters. The van der Waals surface area contributed by atoms with Gasteiger partial charge in [-0.3, -0.25) is 9.59 Å². The van der Waals surface area contributed by atoms with Crippen LogP contribution in [0.3, 0.4) is 0 Å². The van der Waals surface area contributed by atoms with Crippen LogP contribution in [0.5, 0.6) is 0 Å². The number of rotatable bonds is 4. The highest BCUT2D eigenvalue weighted by Gasteiger charge is 2.33. The summed E-state index contributed by atoms with van der Waals surface area (Å²) in [5.74, 6) is -0.651. The van der Waals surface area contributed by atoms with Crippen LogP contribution in [0.25, 0.3) is 0 Å². The molecule has 0 bridgehead atoms. The summed E-state index contributed by atoms with van der Waals surface area (Å²) in [6.45, 7) is 4.63. The fourth-order valence-corrected chi connectivity index (χ4v) is 3.00. The molecule has 1 fully saturated rings. The molecule has 0 aromatic heterocycles. The van der Waals surface area contributed by atoms with E-state index in [9.17, 15) is 14.0 Å². The quantitative estimate of drug-likeness (QED) is 0.930. The van der Waals surface area contributed by atoms with Crippen LogP contribution in [-0.2, 0) is 16.0 Å². The predicted molar refractivity (Wildman–Crippen MR) is 94.9 cm³/mol. The molecule has 2 aromatic rings. The number of anilines is 1. The largest absolute Gasteiger partial charge is 0.344 e. The van der Waals surface area contributed by atoms with E-state index in [1.54, 1.807) is 17.0 Å². The molecule has 130 valence electrons. The molecule has 3 rings (SSSR count). The van der Waals surface area contributed by atoms with Crippen molar-refractivity contribution in [3.05, 3.63) is 65.0 Å². The first-order valence-electron chi connectivity index (χ1n) is 8.36. The molecule has 1 atom stereocenters. The zero-order chi connectivity index (χ0) is 18.0. The fourth-order valence-electron chi connectivity index (χ4n) is 3.00. The summed E-state index contributed by atoms with van der Waals surface area (Å²) in [7, 11) is 0. The zero-order valence-electron chi connectivity index (χ0n) is 14.4. The van der Waals surface area contributed by atoms with Gasteiger partial charge in [-0.15, -0.1) is 0 Å². The van der Waals surface area contributed by atoms with E-state index in [1.165, 1.54) is 17.7 Å². The second-order valence-corrected chi connectivity index (χ2v) is 6.47. The van der Waals surface area contributed by atoms with Crippen molar-refractivity contribution < 1.29 is 14.0 Å². The normalized spacial score (nSPS) is 17.0. The summed E-state index contributed by atoms with van der Waals surface area (Å²) in [4.78, 5) is 26.5. The summed E-state index contributed by atoms with van der Waals surface area (Å²) in [6.07, 6.45) is 0.717. The van der Waals surface area contributed by atoms with Crippen LogP contribution in [-0.4, -0.2) is 24.4 Å². The number of amides is 2. The molecule has 1 aliphatic rings. The average Bonchev–Trinajstić information content (AvgIpc) is 2.93. The molecule has 25 heavy (non-hydrogen) atoms. The van der Waals surface area contributed by atoms with E-state index in [0.717, 1.165) is 16.8 Å². The van der Waals surface area contributed by atoms with E-state index in [4.69, 9.17) is 0 Å². The van der Waals surface area contributed by atoms with Crippen LogP contribution in [0.15, 0.2) is 42.5 Å². The minimum atomic E-state index is -0.505. The number of carbonyl (C=O) groups is 2. The Balaban J connectivity index is 1.62. The number of halogens is 1. The Kier molecular flexibility index (Phi) is 4.83. The van der Waals surface area contributed by atoms with Crippen LogP contribution in [0.2, 0.25) is 0 Å². The second-order valence-electron chi connectivity index (χ2n) is 6.47. The van der Waals surface area contributed by atoms with Gasteiger partial charge in [-0.1, -0.05) is 18.2 Å². The average molecular weight is 340 g/mol. The van der Waals surface area contributed by atoms with E-state index in [2.05, 4.69) is 5.32 Å². The third-order valence-corrected chi connectivity index (χ3v) is 4.62.